The lowest BCUT2D eigenvalue weighted by molar-refractivity contribution is 0.319. The molecule has 116 valence electrons. The fraction of sp³-hybridized carbons (Fsp3) is 0.412. The highest BCUT2D eigenvalue weighted by Gasteiger charge is 2.30. The van der Waals surface area contributed by atoms with Crippen molar-refractivity contribution in [3.05, 3.63) is 52.4 Å². The predicted molar refractivity (Wildman–Crippen MR) is 92.8 cm³/mol. The number of nitrogens with zero attached hydrogens (tertiary/aromatic N) is 3. The molecule has 2 aromatic rings. The van der Waals surface area contributed by atoms with Crippen LogP contribution < -0.4 is 5.32 Å². The number of nitrogens with one attached hydrogen (secondary N) is 1. The minimum atomic E-state index is 0.411. The van der Waals surface area contributed by atoms with Crippen LogP contribution in [0.4, 0.5) is 5.82 Å². The Morgan fingerprint density at radius 1 is 1.27 bits per heavy atom. The van der Waals surface area contributed by atoms with Gasteiger partial charge in [0.2, 0.25) is 0 Å². The number of hydrogen-bond donors (Lipinski definition) is 1. The van der Waals surface area contributed by atoms with Crippen molar-refractivity contribution in [3.63, 3.8) is 0 Å². The first-order valence-corrected chi connectivity index (χ1v) is 8.43. The minimum absolute atomic E-state index is 0.411. The average molecular weight is 361 g/mol. The third-order valence-corrected chi connectivity index (χ3v) is 4.70. The largest absolute Gasteiger partial charge is 0.365 e. The summed E-state index contributed by atoms with van der Waals surface area (Å²) < 4.78 is 0.923. The van der Waals surface area contributed by atoms with E-state index in [-0.39, 0.29) is 0 Å². The van der Waals surface area contributed by atoms with Crippen LogP contribution in [0.15, 0.2) is 41.0 Å². The molecule has 1 N–H and O–H groups in total. The standard InChI is InChI=1S/C17H21BrN4/c1-12-9-22(10-14-6-4-3-5-7-14)11-16(12)21-17-15(18)8-19-13(2)20-17/h3-8,12,16H,9-11H2,1-2H3,(H,19,20,21). The second-order valence-electron chi connectivity index (χ2n) is 6.02. The molecule has 1 saturated heterocycles. The number of anilines is 1. The van der Waals surface area contributed by atoms with Gasteiger partial charge in [0.1, 0.15) is 11.6 Å². The molecule has 2 atom stereocenters. The lowest BCUT2D eigenvalue weighted by atomic mass is 10.1. The van der Waals surface area contributed by atoms with E-state index < -0.39 is 0 Å². The van der Waals surface area contributed by atoms with E-state index in [2.05, 4.69) is 73.4 Å². The summed E-state index contributed by atoms with van der Waals surface area (Å²) in [5, 5.41) is 3.58. The molecule has 1 aliphatic rings. The first-order valence-electron chi connectivity index (χ1n) is 7.64. The number of aromatic nitrogens is 2. The topological polar surface area (TPSA) is 41.1 Å². The normalized spacial score (nSPS) is 22.0. The van der Waals surface area contributed by atoms with E-state index in [4.69, 9.17) is 0 Å². The van der Waals surface area contributed by atoms with Crippen LogP contribution in [0, 0.1) is 12.8 Å². The molecule has 1 aliphatic heterocycles. The van der Waals surface area contributed by atoms with Crippen molar-refractivity contribution in [2.75, 3.05) is 18.4 Å². The van der Waals surface area contributed by atoms with Crippen molar-refractivity contribution in [1.82, 2.24) is 14.9 Å². The van der Waals surface area contributed by atoms with Gasteiger partial charge in [-0.05, 0) is 34.3 Å². The van der Waals surface area contributed by atoms with Gasteiger partial charge >= 0.3 is 0 Å². The molecule has 0 spiro atoms. The van der Waals surface area contributed by atoms with E-state index in [9.17, 15) is 0 Å². The SMILES string of the molecule is Cc1ncc(Br)c(NC2CN(Cc3ccccc3)CC2C)n1. The van der Waals surface area contributed by atoms with E-state index in [1.54, 1.807) is 0 Å². The maximum atomic E-state index is 4.49. The van der Waals surface area contributed by atoms with Crippen molar-refractivity contribution >= 4 is 21.7 Å². The quantitative estimate of drug-likeness (QED) is 0.905. The van der Waals surface area contributed by atoms with Crippen molar-refractivity contribution in [3.8, 4) is 0 Å². The molecular weight excluding hydrogens is 340 g/mol. The Bertz CT molecular complexity index is 632. The van der Waals surface area contributed by atoms with Crippen molar-refractivity contribution in [2.24, 2.45) is 5.92 Å². The molecule has 2 unspecified atom stereocenters. The van der Waals surface area contributed by atoms with E-state index in [1.165, 1.54) is 5.56 Å². The first kappa shape index (κ1) is 15.4. The monoisotopic (exact) mass is 360 g/mol. The van der Waals surface area contributed by atoms with Crippen LogP contribution in [0.1, 0.15) is 18.3 Å². The molecule has 0 bridgehead atoms. The highest BCUT2D eigenvalue weighted by molar-refractivity contribution is 9.10. The Kier molecular flexibility index (Phi) is 4.74. The molecule has 0 aliphatic carbocycles. The molecule has 1 aromatic heterocycles. The molecule has 1 fully saturated rings. The molecule has 0 saturated carbocycles. The van der Waals surface area contributed by atoms with Crippen LogP contribution in [0.5, 0.6) is 0 Å². The Labute approximate surface area is 140 Å². The molecule has 5 heteroatoms. The number of rotatable bonds is 4. The summed E-state index contributed by atoms with van der Waals surface area (Å²) in [6.45, 7) is 7.36. The third kappa shape index (κ3) is 3.65. The van der Waals surface area contributed by atoms with E-state index >= 15 is 0 Å². The molecule has 3 rings (SSSR count). The molecule has 0 amide bonds. The zero-order valence-corrected chi connectivity index (χ0v) is 14.5. The van der Waals surface area contributed by atoms with Crippen LogP contribution in [0.3, 0.4) is 0 Å². The molecule has 2 heterocycles. The fourth-order valence-corrected chi connectivity index (χ4v) is 3.26. The molecule has 0 radical (unpaired) electrons. The van der Waals surface area contributed by atoms with Crippen LogP contribution in [0.25, 0.3) is 0 Å². The Morgan fingerprint density at radius 3 is 2.82 bits per heavy atom. The van der Waals surface area contributed by atoms with Gasteiger partial charge in [0, 0.05) is 31.9 Å². The summed E-state index contributed by atoms with van der Waals surface area (Å²) in [4.78, 5) is 11.2. The van der Waals surface area contributed by atoms with E-state index in [1.807, 2.05) is 13.1 Å². The Morgan fingerprint density at radius 2 is 2.05 bits per heavy atom. The maximum absolute atomic E-state index is 4.49. The van der Waals surface area contributed by atoms with Crippen LogP contribution in [-0.2, 0) is 6.54 Å². The molecular formula is C17H21BrN4. The van der Waals surface area contributed by atoms with Gasteiger partial charge in [-0.3, -0.25) is 4.90 Å². The Hall–Kier alpha value is -1.46. The van der Waals surface area contributed by atoms with Gasteiger partial charge in [0.15, 0.2) is 0 Å². The predicted octanol–water partition coefficient (Wildman–Crippen LogP) is 3.48. The number of benzene rings is 1. The van der Waals surface area contributed by atoms with Crippen molar-refractivity contribution in [1.29, 1.82) is 0 Å². The maximum Gasteiger partial charge on any atom is 0.144 e. The first-order chi connectivity index (χ1) is 10.6. The van der Waals surface area contributed by atoms with Gasteiger partial charge in [-0.25, -0.2) is 9.97 Å². The van der Waals surface area contributed by atoms with Crippen LogP contribution >= 0.6 is 15.9 Å². The number of hydrogen-bond acceptors (Lipinski definition) is 4. The number of halogens is 1. The number of likely N-dealkylation sites (tertiary alicyclic amines) is 1. The zero-order valence-electron chi connectivity index (χ0n) is 13.0. The fourth-order valence-electron chi connectivity index (χ4n) is 2.96. The molecule has 4 nitrogen and oxygen atoms in total. The van der Waals surface area contributed by atoms with Crippen molar-refractivity contribution < 1.29 is 0 Å². The smallest absolute Gasteiger partial charge is 0.144 e. The summed E-state index contributed by atoms with van der Waals surface area (Å²) in [5.41, 5.74) is 1.37. The highest BCUT2D eigenvalue weighted by atomic mass is 79.9. The summed E-state index contributed by atoms with van der Waals surface area (Å²) in [5.74, 6) is 2.27. The zero-order chi connectivity index (χ0) is 15.5. The van der Waals surface area contributed by atoms with Gasteiger partial charge in [-0.15, -0.1) is 0 Å². The highest BCUT2D eigenvalue weighted by Crippen LogP contribution is 2.25. The molecule has 1 aromatic carbocycles. The minimum Gasteiger partial charge on any atom is -0.365 e. The lowest BCUT2D eigenvalue weighted by Gasteiger charge is -2.18. The number of aryl methyl sites for hydroxylation is 1. The van der Waals surface area contributed by atoms with Gasteiger partial charge in [-0.1, -0.05) is 37.3 Å². The third-order valence-electron chi connectivity index (χ3n) is 4.12. The van der Waals surface area contributed by atoms with Crippen LogP contribution in [-0.4, -0.2) is 34.0 Å². The van der Waals surface area contributed by atoms with Gasteiger partial charge in [0.05, 0.1) is 4.47 Å². The van der Waals surface area contributed by atoms with Gasteiger partial charge in [0.25, 0.3) is 0 Å². The molecule has 22 heavy (non-hydrogen) atoms. The van der Waals surface area contributed by atoms with Gasteiger partial charge in [-0.2, -0.15) is 0 Å². The summed E-state index contributed by atoms with van der Waals surface area (Å²) in [6.07, 6.45) is 1.81. The lowest BCUT2D eigenvalue weighted by Crippen LogP contribution is -2.28. The van der Waals surface area contributed by atoms with Crippen molar-refractivity contribution in [2.45, 2.75) is 26.4 Å². The van der Waals surface area contributed by atoms with Gasteiger partial charge < -0.3 is 5.32 Å². The average Bonchev–Trinajstić information content (AvgIpc) is 2.84. The van der Waals surface area contributed by atoms with E-state index in [0.717, 1.165) is 35.7 Å². The second kappa shape index (κ2) is 6.75. The Balaban J connectivity index is 1.65. The summed E-state index contributed by atoms with van der Waals surface area (Å²) in [6, 6.07) is 11.1. The van der Waals surface area contributed by atoms with E-state index in [0.29, 0.717) is 12.0 Å². The van der Waals surface area contributed by atoms with Crippen LogP contribution in [0.2, 0.25) is 0 Å². The second-order valence-corrected chi connectivity index (χ2v) is 6.88. The summed E-state index contributed by atoms with van der Waals surface area (Å²) >= 11 is 3.53. The summed E-state index contributed by atoms with van der Waals surface area (Å²) in [7, 11) is 0.